The second kappa shape index (κ2) is 9.19. The van der Waals surface area contributed by atoms with E-state index in [-0.39, 0.29) is 25.4 Å². The van der Waals surface area contributed by atoms with Crippen LogP contribution in [0, 0.1) is 0 Å². The molecule has 0 fully saturated rings. The minimum atomic E-state index is -3.49. The number of rotatable bonds is 9. The summed E-state index contributed by atoms with van der Waals surface area (Å²) in [7, 11) is -3.49. The summed E-state index contributed by atoms with van der Waals surface area (Å²) < 4.78 is 35.6. The number of carbonyl (C=O) groups is 1. The third-order valence-corrected chi connectivity index (χ3v) is 6.43. The Morgan fingerprint density at radius 2 is 2.04 bits per heavy atom. The van der Waals surface area contributed by atoms with Gasteiger partial charge in [-0.15, -0.1) is 0 Å². The van der Waals surface area contributed by atoms with Crippen LogP contribution in [0.3, 0.4) is 0 Å². The molecule has 0 radical (unpaired) electrons. The van der Waals surface area contributed by atoms with E-state index in [1.165, 1.54) is 0 Å². The third kappa shape index (κ3) is 5.08. The molecule has 0 bridgehead atoms. The lowest BCUT2D eigenvalue weighted by Gasteiger charge is -2.18. The number of sulfone groups is 1. The molecular formula is C18H22ClNO5S. The fourth-order valence-corrected chi connectivity index (χ4v) is 4.34. The van der Waals surface area contributed by atoms with E-state index in [1.54, 1.807) is 44.3 Å². The van der Waals surface area contributed by atoms with E-state index in [9.17, 15) is 13.2 Å². The van der Waals surface area contributed by atoms with Crippen LogP contribution in [0.15, 0.2) is 30.5 Å². The molecule has 2 aromatic rings. The molecule has 1 aromatic heterocycles. The van der Waals surface area contributed by atoms with Crippen molar-refractivity contribution >= 4 is 38.3 Å². The van der Waals surface area contributed by atoms with Gasteiger partial charge in [0, 0.05) is 11.6 Å². The topological polar surface area (TPSA) is 82.6 Å². The van der Waals surface area contributed by atoms with Crippen molar-refractivity contribution in [1.82, 2.24) is 4.98 Å². The zero-order valence-electron chi connectivity index (χ0n) is 14.8. The SMILES string of the molecule is CCCS(=O)(=O)C(COc1ccc(Cl)c2cccnc12)CC(=O)OCC. The van der Waals surface area contributed by atoms with Crippen molar-refractivity contribution in [3.05, 3.63) is 35.5 Å². The predicted molar refractivity (Wildman–Crippen MR) is 101 cm³/mol. The largest absolute Gasteiger partial charge is 0.490 e. The molecule has 0 aliphatic carbocycles. The number of benzene rings is 1. The van der Waals surface area contributed by atoms with Crippen molar-refractivity contribution in [2.75, 3.05) is 19.0 Å². The standard InChI is InChI=1S/C18H22ClNO5S/c1-3-10-26(22,23)13(11-17(21)24-4-2)12-25-16-8-7-15(19)14-6-5-9-20-18(14)16/h5-9,13H,3-4,10-12H2,1-2H3. The van der Waals surface area contributed by atoms with Crippen LogP contribution < -0.4 is 4.74 Å². The van der Waals surface area contributed by atoms with E-state index in [0.717, 1.165) is 0 Å². The van der Waals surface area contributed by atoms with Crippen molar-refractivity contribution in [3.8, 4) is 5.75 Å². The number of hydrogen-bond donors (Lipinski definition) is 0. The molecule has 1 atom stereocenters. The summed E-state index contributed by atoms with van der Waals surface area (Å²) in [5.74, 6) is -0.148. The highest BCUT2D eigenvalue weighted by Gasteiger charge is 2.29. The minimum Gasteiger partial charge on any atom is -0.490 e. The van der Waals surface area contributed by atoms with Crippen LogP contribution in [0.2, 0.25) is 5.02 Å². The Kier molecular flexibility index (Phi) is 7.23. The van der Waals surface area contributed by atoms with Gasteiger partial charge >= 0.3 is 5.97 Å². The fourth-order valence-electron chi connectivity index (χ4n) is 2.56. The number of carbonyl (C=O) groups excluding carboxylic acids is 1. The predicted octanol–water partition coefficient (Wildman–Crippen LogP) is 3.41. The molecule has 0 N–H and O–H groups in total. The van der Waals surface area contributed by atoms with E-state index in [1.807, 2.05) is 0 Å². The van der Waals surface area contributed by atoms with Gasteiger partial charge < -0.3 is 9.47 Å². The summed E-state index contributed by atoms with van der Waals surface area (Å²) in [6, 6.07) is 6.88. The quantitative estimate of drug-likeness (QED) is 0.601. The third-order valence-electron chi connectivity index (χ3n) is 3.80. The van der Waals surface area contributed by atoms with Crippen LogP contribution in [0.1, 0.15) is 26.7 Å². The Morgan fingerprint density at radius 3 is 2.73 bits per heavy atom. The second-order valence-electron chi connectivity index (χ2n) is 5.75. The first-order chi connectivity index (χ1) is 12.4. The molecule has 0 saturated carbocycles. The molecule has 0 aliphatic heterocycles. The van der Waals surface area contributed by atoms with Gasteiger partial charge in [0.2, 0.25) is 0 Å². The Hall–Kier alpha value is -1.86. The van der Waals surface area contributed by atoms with E-state index in [2.05, 4.69) is 4.98 Å². The van der Waals surface area contributed by atoms with Crippen LogP contribution in [-0.2, 0) is 19.4 Å². The summed E-state index contributed by atoms with van der Waals surface area (Å²) >= 11 is 6.16. The maximum absolute atomic E-state index is 12.5. The van der Waals surface area contributed by atoms with Crippen molar-refractivity contribution in [3.63, 3.8) is 0 Å². The molecule has 0 saturated heterocycles. The highest BCUT2D eigenvalue weighted by molar-refractivity contribution is 7.92. The molecule has 1 aromatic carbocycles. The monoisotopic (exact) mass is 399 g/mol. The first-order valence-corrected chi connectivity index (χ1v) is 10.5. The van der Waals surface area contributed by atoms with E-state index in [0.29, 0.717) is 28.1 Å². The Balaban J connectivity index is 2.24. The summed E-state index contributed by atoms with van der Waals surface area (Å²) in [5.41, 5.74) is 0.544. The van der Waals surface area contributed by atoms with Gasteiger partial charge in [0.25, 0.3) is 0 Å². The summed E-state index contributed by atoms with van der Waals surface area (Å²) in [4.78, 5) is 16.1. The lowest BCUT2D eigenvalue weighted by atomic mass is 10.2. The van der Waals surface area contributed by atoms with Gasteiger partial charge in [-0.1, -0.05) is 18.5 Å². The Bertz CT molecular complexity index is 869. The number of halogens is 1. The zero-order valence-corrected chi connectivity index (χ0v) is 16.3. The smallest absolute Gasteiger partial charge is 0.307 e. The highest BCUT2D eigenvalue weighted by atomic mass is 35.5. The summed E-state index contributed by atoms with van der Waals surface area (Å²) in [5, 5.41) is 0.267. The fraction of sp³-hybridized carbons (Fsp3) is 0.444. The molecule has 142 valence electrons. The number of hydrogen-bond acceptors (Lipinski definition) is 6. The molecule has 1 unspecified atom stereocenters. The van der Waals surface area contributed by atoms with Crippen LogP contribution in [-0.4, -0.2) is 43.6 Å². The molecule has 2 rings (SSSR count). The average molecular weight is 400 g/mol. The summed E-state index contributed by atoms with van der Waals surface area (Å²) in [6.45, 7) is 3.49. The van der Waals surface area contributed by atoms with Crippen molar-refractivity contribution in [2.24, 2.45) is 0 Å². The molecule has 26 heavy (non-hydrogen) atoms. The van der Waals surface area contributed by atoms with E-state index < -0.39 is 21.1 Å². The van der Waals surface area contributed by atoms with Crippen LogP contribution >= 0.6 is 11.6 Å². The van der Waals surface area contributed by atoms with Gasteiger partial charge in [0.05, 0.1) is 23.8 Å². The van der Waals surface area contributed by atoms with Crippen LogP contribution in [0.4, 0.5) is 0 Å². The molecule has 6 nitrogen and oxygen atoms in total. The van der Waals surface area contributed by atoms with Gasteiger partial charge in [0.15, 0.2) is 9.84 Å². The number of esters is 1. The second-order valence-corrected chi connectivity index (χ2v) is 8.56. The van der Waals surface area contributed by atoms with Crippen molar-refractivity contribution < 1.29 is 22.7 Å². The Morgan fingerprint density at radius 1 is 1.27 bits per heavy atom. The maximum Gasteiger partial charge on any atom is 0.307 e. The lowest BCUT2D eigenvalue weighted by Crippen LogP contribution is -2.33. The lowest BCUT2D eigenvalue weighted by molar-refractivity contribution is -0.143. The van der Waals surface area contributed by atoms with Gasteiger partial charge in [-0.25, -0.2) is 8.42 Å². The minimum absolute atomic E-state index is 0.0138. The first kappa shape index (κ1) is 20.5. The molecule has 0 spiro atoms. The highest BCUT2D eigenvalue weighted by Crippen LogP contribution is 2.30. The summed E-state index contributed by atoms with van der Waals surface area (Å²) in [6.07, 6.45) is 1.83. The van der Waals surface area contributed by atoms with Gasteiger partial charge in [-0.2, -0.15) is 0 Å². The van der Waals surface area contributed by atoms with Gasteiger partial charge in [0.1, 0.15) is 23.1 Å². The maximum atomic E-state index is 12.5. The van der Waals surface area contributed by atoms with Gasteiger partial charge in [-0.05, 0) is 37.6 Å². The zero-order chi connectivity index (χ0) is 19.2. The first-order valence-electron chi connectivity index (χ1n) is 8.42. The molecular weight excluding hydrogens is 378 g/mol. The molecule has 0 amide bonds. The molecule has 8 heteroatoms. The number of nitrogens with zero attached hydrogens (tertiary/aromatic N) is 1. The number of aromatic nitrogens is 1. The normalized spacial score (nSPS) is 12.7. The average Bonchev–Trinajstić information content (AvgIpc) is 2.60. The van der Waals surface area contributed by atoms with E-state index >= 15 is 0 Å². The Labute approximate surface area is 158 Å². The van der Waals surface area contributed by atoms with Crippen molar-refractivity contribution in [2.45, 2.75) is 31.9 Å². The van der Waals surface area contributed by atoms with Crippen LogP contribution in [0.5, 0.6) is 5.75 Å². The van der Waals surface area contributed by atoms with Crippen LogP contribution in [0.25, 0.3) is 10.9 Å². The number of ether oxygens (including phenoxy) is 2. The van der Waals surface area contributed by atoms with Gasteiger partial charge in [-0.3, -0.25) is 9.78 Å². The molecule has 0 aliphatic rings. The molecule has 1 heterocycles. The van der Waals surface area contributed by atoms with E-state index in [4.69, 9.17) is 21.1 Å². The van der Waals surface area contributed by atoms with Crippen molar-refractivity contribution in [1.29, 1.82) is 0 Å². The number of pyridine rings is 1. The number of fused-ring (bicyclic) bond motifs is 1.